The van der Waals surface area contributed by atoms with E-state index in [9.17, 15) is 8.42 Å². The van der Waals surface area contributed by atoms with E-state index in [1.54, 1.807) is 31.2 Å². The minimum atomic E-state index is -3.73. The third kappa shape index (κ3) is 3.25. The summed E-state index contributed by atoms with van der Waals surface area (Å²) in [7, 11) is -3.73. The fraction of sp³-hybridized carbons (Fsp3) is 0.188. The van der Waals surface area contributed by atoms with E-state index >= 15 is 0 Å². The molecule has 0 aliphatic rings. The Balaban J connectivity index is 1.98. The zero-order chi connectivity index (χ0) is 17.3. The van der Waals surface area contributed by atoms with Crippen molar-refractivity contribution in [1.29, 1.82) is 0 Å². The Morgan fingerprint density at radius 1 is 1.21 bits per heavy atom. The Morgan fingerprint density at radius 2 is 1.96 bits per heavy atom. The van der Waals surface area contributed by atoms with Crippen molar-refractivity contribution in [3.63, 3.8) is 0 Å². The van der Waals surface area contributed by atoms with E-state index in [-0.39, 0.29) is 11.4 Å². The first-order valence-electron chi connectivity index (χ1n) is 7.14. The van der Waals surface area contributed by atoms with Crippen molar-refractivity contribution in [2.45, 2.75) is 25.3 Å². The number of hydrogen-bond acceptors (Lipinski definition) is 5. The van der Waals surface area contributed by atoms with E-state index in [0.717, 1.165) is 4.88 Å². The standard InChI is InChI=1S/C16H15ClN2O3S2/c1-10-15(14-7-8-18-22-14)16(11(2)23-10)24(20,21)19-9-12-5-3-4-6-13(12)17/h3-8,19H,9H2,1-2H3. The van der Waals surface area contributed by atoms with Crippen LogP contribution in [0.5, 0.6) is 0 Å². The highest BCUT2D eigenvalue weighted by Gasteiger charge is 2.27. The zero-order valence-corrected chi connectivity index (χ0v) is 15.4. The van der Waals surface area contributed by atoms with Gasteiger partial charge >= 0.3 is 0 Å². The molecule has 0 unspecified atom stereocenters. The molecule has 0 spiro atoms. The van der Waals surface area contributed by atoms with Crippen molar-refractivity contribution in [2.24, 2.45) is 0 Å². The highest BCUT2D eigenvalue weighted by atomic mass is 35.5. The van der Waals surface area contributed by atoms with Crippen LogP contribution in [0.15, 0.2) is 45.9 Å². The van der Waals surface area contributed by atoms with Gasteiger partial charge in [0.25, 0.3) is 0 Å². The molecule has 5 nitrogen and oxygen atoms in total. The summed E-state index contributed by atoms with van der Waals surface area (Å²) in [6.07, 6.45) is 1.50. The minimum Gasteiger partial charge on any atom is -0.356 e. The first-order chi connectivity index (χ1) is 11.4. The Labute approximate surface area is 149 Å². The molecule has 0 radical (unpaired) electrons. The molecular weight excluding hydrogens is 368 g/mol. The van der Waals surface area contributed by atoms with E-state index in [2.05, 4.69) is 9.88 Å². The molecule has 1 N–H and O–H groups in total. The van der Waals surface area contributed by atoms with Crippen LogP contribution >= 0.6 is 22.9 Å². The Bertz CT molecular complexity index is 963. The first kappa shape index (κ1) is 17.2. The molecule has 0 aliphatic heterocycles. The molecular formula is C16H15ClN2O3S2. The van der Waals surface area contributed by atoms with Crippen molar-refractivity contribution >= 4 is 33.0 Å². The normalized spacial score (nSPS) is 11.8. The molecule has 1 aromatic carbocycles. The number of aryl methyl sites for hydroxylation is 2. The first-order valence-corrected chi connectivity index (χ1v) is 9.82. The number of thiophene rings is 1. The lowest BCUT2D eigenvalue weighted by Gasteiger charge is -2.09. The maximum absolute atomic E-state index is 12.9. The third-order valence-corrected chi connectivity index (χ3v) is 6.66. The molecule has 2 heterocycles. The van der Waals surface area contributed by atoms with Crippen molar-refractivity contribution in [1.82, 2.24) is 9.88 Å². The lowest BCUT2D eigenvalue weighted by Crippen LogP contribution is -2.24. The lowest BCUT2D eigenvalue weighted by atomic mass is 10.2. The number of halogens is 1. The number of rotatable bonds is 5. The molecule has 3 aromatic rings. The monoisotopic (exact) mass is 382 g/mol. The molecule has 0 fully saturated rings. The minimum absolute atomic E-state index is 0.117. The van der Waals surface area contributed by atoms with Gasteiger partial charge in [0.15, 0.2) is 5.76 Å². The second kappa shape index (κ2) is 6.68. The van der Waals surface area contributed by atoms with E-state index in [4.69, 9.17) is 16.1 Å². The number of nitrogens with zero attached hydrogens (tertiary/aromatic N) is 1. The molecule has 0 atom stereocenters. The largest absolute Gasteiger partial charge is 0.356 e. The van der Waals surface area contributed by atoms with Gasteiger partial charge in [-0.25, -0.2) is 13.1 Å². The van der Waals surface area contributed by atoms with Crippen LogP contribution < -0.4 is 4.72 Å². The third-order valence-electron chi connectivity index (χ3n) is 3.57. The molecule has 24 heavy (non-hydrogen) atoms. The highest BCUT2D eigenvalue weighted by Crippen LogP contribution is 2.38. The van der Waals surface area contributed by atoms with Crippen LogP contribution in [0.1, 0.15) is 15.3 Å². The number of aromatic nitrogens is 1. The van der Waals surface area contributed by atoms with Gasteiger partial charge in [-0.15, -0.1) is 11.3 Å². The summed E-state index contributed by atoms with van der Waals surface area (Å²) in [5, 5.41) is 4.20. The molecule has 3 rings (SSSR count). The smallest absolute Gasteiger partial charge is 0.242 e. The Hall–Kier alpha value is -1.67. The molecule has 0 bridgehead atoms. The second-order valence-corrected chi connectivity index (χ2v) is 8.75. The summed E-state index contributed by atoms with van der Waals surface area (Å²) in [5.74, 6) is 0.440. The van der Waals surface area contributed by atoms with Gasteiger partial charge in [0.2, 0.25) is 10.0 Å². The molecule has 0 aliphatic carbocycles. The summed E-state index contributed by atoms with van der Waals surface area (Å²) >= 11 is 7.50. The van der Waals surface area contributed by atoms with Gasteiger partial charge in [-0.1, -0.05) is 35.0 Å². The van der Waals surface area contributed by atoms with Crippen LogP contribution in [0.2, 0.25) is 5.02 Å². The van der Waals surface area contributed by atoms with E-state index in [1.807, 2.05) is 13.0 Å². The highest BCUT2D eigenvalue weighted by molar-refractivity contribution is 7.89. The number of hydrogen-bond donors (Lipinski definition) is 1. The zero-order valence-electron chi connectivity index (χ0n) is 13.0. The summed E-state index contributed by atoms with van der Waals surface area (Å²) in [6.45, 7) is 3.76. The van der Waals surface area contributed by atoms with Crippen LogP contribution in [-0.2, 0) is 16.6 Å². The van der Waals surface area contributed by atoms with Crippen molar-refractivity contribution in [3.05, 3.63) is 56.9 Å². The average Bonchev–Trinajstić information content (AvgIpc) is 3.14. The predicted molar refractivity (Wildman–Crippen MR) is 94.8 cm³/mol. The van der Waals surface area contributed by atoms with Crippen LogP contribution in [0.4, 0.5) is 0 Å². The van der Waals surface area contributed by atoms with Gasteiger partial charge < -0.3 is 4.52 Å². The van der Waals surface area contributed by atoms with Gasteiger partial charge in [-0.2, -0.15) is 0 Å². The summed E-state index contributed by atoms with van der Waals surface area (Å²) < 4.78 is 33.5. The average molecular weight is 383 g/mol. The van der Waals surface area contributed by atoms with Gasteiger partial charge in [0.1, 0.15) is 4.90 Å². The van der Waals surface area contributed by atoms with Gasteiger partial charge in [-0.05, 0) is 25.5 Å². The van der Waals surface area contributed by atoms with Crippen LogP contribution in [-0.4, -0.2) is 13.6 Å². The molecule has 8 heteroatoms. The predicted octanol–water partition coefficient (Wildman–Crippen LogP) is 4.15. The van der Waals surface area contributed by atoms with Gasteiger partial charge in [0, 0.05) is 27.4 Å². The van der Waals surface area contributed by atoms with Crippen LogP contribution in [0.25, 0.3) is 11.3 Å². The number of nitrogens with one attached hydrogen (secondary N) is 1. The molecule has 0 saturated heterocycles. The van der Waals surface area contributed by atoms with E-state index < -0.39 is 10.0 Å². The lowest BCUT2D eigenvalue weighted by molar-refractivity contribution is 0.431. The molecule has 0 amide bonds. The number of sulfonamides is 1. The van der Waals surface area contributed by atoms with E-state index in [0.29, 0.717) is 26.8 Å². The van der Waals surface area contributed by atoms with E-state index in [1.165, 1.54) is 17.5 Å². The van der Waals surface area contributed by atoms with Crippen LogP contribution in [0.3, 0.4) is 0 Å². The summed E-state index contributed by atoms with van der Waals surface area (Å²) in [6, 6.07) is 8.78. The van der Waals surface area contributed by atoms with Gasteiger partial charge in [0.05, 0.1) is 11.8 Å². The molecule has 126 valence electrons. The summed E-state index contributed by atoms with van der Waals surface area (Å²) in [4.78, 5) is 1.79. The topological polar surface area (TPSA) is 72.2 Å². The SMILES string of the molecule is Cc1sc(C)c(S(=O)(=O)NCc2ccccc2Cl)c1-c1ccno1. The second-order valence-electron chi connectivity index (χ2n) is 5.21. The van der Waals surface area contributed by atoms with Crippen molar-refractivity contribution in [2.75, 3.05) is 0 Å². The van der Waals surface area contributed by atoms with Gasteiger partial charge in [-0.3, -0.25) is 0 Å². The Morgan fingerprint density at radius 3 is 2.62 bits per heavy atom. The maximum Gasteiger partial charge on any atom is 0.242 e. The fourth-order valence-electron chi connectivity index (χ4n) is 2.50. The number of benzene rings is 1. The molecule has 2 aromatic heterocycles. The molecule has 0 saturated carbocycles. The van der Waals surface area contributed by atoms with Crippen molar-refractivity contribution < 1.29 is 12.9 Å². The Kier molecular flexibility index (Phi) is 4.78. The maximum atomic E-state index is 12.9. The quantitative estimate of drug-likeness (QED) is 0.719. The fourth-order valence-corrected chi connectivity index (χ4v) is 5.57. The summed E-state index contributed by atoms with van der Waals surface area (Å²) in [5.41, 5.74) is 1.27. The van der Waals surface area contributed by atoms with Crippen molar-refractivity contribution in [3.8, 4) is 11.3 Å². The van der Waals surface area contributed by atoms with Crippen LogP contribution in [0, 0.1) is 13.8 Å².